The Hall–Kier alpha value is -1.06. The summed E-state index contributed by atoms with van der Waals surface area (Å²) in [5.74, 6) is 1.02. The Morgan fingerprint density at radius 1 is 1.43 bits per heavy atom. The van der Waals surface area contributed by atoms with Crippen LogP contribution in [0.1, 0.15) is 22.2 Å². The van der Waals surface area contributed by atoms with Crippen molar-refractivity contribution < 1.29 is 4.42 Å². The summed E-state index contributed by atoms with van der Waals surface area (Å²) < 4.78 is 5.44. The molecule has 1 N–H and O–H groups in total. The normalized spacial score (nSPS) is 20.7. The molecular formula is C11H11NOS. The number of fused-ring (bicyclic) bond motifs is 1. The summed E-state index contributed by atoms with van der Waals surface area (Å²) in [6, 6.07) is 6.43. The maximum Gasteiger partial charge on any atom is 0.125 e. The van der Waals surface area contributed by atoms with Crippen molar-refractivity contribution in [3.63, 3.8) is 0 Å². The second kappa shape index (κ2) is 3.26. The Labute approximate surface area is 86.6 Å². The highest BCUT2D eigenvalue weighted by Crippen LogP contribution is 2.31. The standard InChI is InChI=1S/C11H11NOS/c1-2-9(13-6-1)11-8-4-7-14-10(8)3-5-12-11/h1-2,4,6-7,11-12H,3,5H2. The molecule has 0 saturated heterocycles. The van der Waals surface area contributed by atoms with E-state index in [-0.39, 0.29) is 6.04 Å². The third-order valence-corrected chi connectivity index (χ3v) is 3.62. The molecule has 1 atom stereocenters. The maximum absolute atomic E-state index is 5.44. The molecule has 1 aliphatic heterocycles. The number of hydrogen-bond donors (Lipinski definition) is 1. The molecule has 14 heavy (non-hydrogen) atoms. The fraction of sp³-hybridized carbons (Fsp3) is 0.273. The fourth-order valence-corrected chi connectivity index (χ4v) is 2.88. The zero-order chi connectivity index (χ0) is 9.38. The zero-order valence-corrected chi connectivity index (χ0v) is 8.51. The molecule has 2 nitrogen and oxygen atoms in total. The SMILES string of the molecule is c1coc(C2NCCc3sccc32)c1. The molecule has 2 aromatic heterocycles. The van der Waals surface area contributed by atoms with Crippen molar-refractivity contribution >= 4 is 11.3 Å². The van der Waals surface area contributed by atoms with Crippen molar-refractivity contribution in [2.24, 2.45) is 0 Å². The van der Waals surface area contributed by atoms with Gasteiger partial charge in [-0.3, -0.25) is 0 Å². The zero-order valence-electron chi connectivity index (χ0n) is 7.69. The van der Waals surface area contributed by atoms with E-state index in [2.05, 4.69) is 16.8 Å². The highest BCUT2D eigenvalue weighted by Gasteiger charge is 2.23. The maximum atomic E-state index is 5.44. The lowest BCUT2D eigenvalue weighted by molar-refractivity contribution is 0.438. The second-order valence-corrected chi connectivity index (χ2v) is 4.45. The first kappa shape index (κ1) is 8.26. The highest BCUT2D eigenvalue weighted by molar-refractivity contribution is 7.10. The van der Waals surface area contributed by atoms with E-state index < -0.39 is 0 Å². The minimum absolute atomic E-state index is 0.264. The minimum Gasteiger partial charge on any atom is -0.467 e. The molecule has 3 heteroatoms. The number of furan rings is 1. The van der Waals surface area contributed by atoms with Gasteiger partial charge in [0.25, 0.3) is 0 Å². The van der Waals surface area contributed by atoms with Crippen molar-refractivity contribution in [2.45, 2.75) is 12.5 Å². The van der Waals surface area contributed by atoms with E-state index in [1.54, 1.807) is 6.26 Å². The first-order valence-corrected chi connectivity index (χ1v) is 5.66. The third-order valence-electron chi connectivity index (χ3n) is 2.62. The number of thiophene rings is 1. The first-order chi connectivity index (χ1) is 6.95. The topological polar surface area (TPSA) is 25.2 Å². The molecule has 1 aliphatic rings. The van der Waals surface area contributed by atoms with Crippen LogP contribution in [0, 0.1) is 0 Å². The van der Waals surface area contributed by atoms with Crippen LogP contribution in [0.5, 0.6) is 0 Å². The van der Waals surface area contributed by atoms with E-state index >= 15 is 0 Å². The average Bonchev–Trinajstić information content (AvgIpc) is 2.88. The molecule has 72 valence electrons. The lowest BCUT2D eigenvalue weighted by Gasteiger charge is -2.22. The average molecular weight is 205 g/mol. The molecule has 0 spiro atoms. The monoisotopic (exact) mass is 205 g/mol. The van der Waals surface area contributed by atoms with Gasteiger partial charge in [0.2, 0.25) is 0 Å². The van der Waals surface area contributed by atoms with Crippen LogP contribution in [0.4, 0.5) is 0 Å². The van der Waals surface area contributed by atoms with Crippen molar-refractivity contribution in [3.8, 4) is 0 Å². The van der Waals surface area contributed by atoms with Crippen molar-refractivity contribution in [1.82, 2.24) is 5.32 Å². The quantitative estimate of drug-likeness (QED) is 0.774. The number of hydrogen-bond acceptors (Lipinski definition) is 3. The molecular weight excluding hydrogens is 194 g/mol. The van der Waals surface area contributed by atoms with Crippen LogP contribution in [-0.2, 0) is 6.42 Å². The lowest BCUT2D eigenvalue weighted by atomic mass is 10.0. The van der Waals surface area contributed by atoms with Crippen LogP contribution in [0.2, 0.25) is 0 Å². The van der Waals surface area contributed by atoms with Crippen molar-refractivity contribution in [3.05, 3.63) is 46.0 Å². The van der Waals surface area contributed by atoms with Crippen LogP contribution < -0.4 is 5.32 Å². The van der Waals surface area contributed by atoms with E-state index in [1.165, 1.54) is 10.4 Å². The van der Waals surface area contributed by atoms with Crippen LogP contribution in [0.15, 0.2) is 34.3 Å². The Morgan fingerprint density at radius 3 is 3.29 bits per heavy atom. The Kier molecular flexibility index (Phi) is 1.92. The van der Waals surface area contributed by atoms with Gasteiger partial charge in [-0.2, -0.15) is 0 Å². The second-order valence-electron chi connectivity index (χ2n) is 3.45. The van der Waals surface area contributed by atoms with Crippen LogP contribution in [0.25, 0.3) is 0 Å². The molecule has 0 aliphatic carbocycles. The van der Waals surface area contributed by atoms with E-state index in [4.69, 9.17) is 4.42 Å². The van der Waals surface area contributed by atoms with E-state index in [9.17, 15) is 0 Å². The van der Waals surface area contributed by atoms with Crippen molar-refractivity contribution in [1.29, 1.82) is 0 Å². The van der Waals surface area contributed by atoms with E-state index in [1.807, 2.05) is 23.5 Å². The molecule has 3 heterocycles. The Balaban J connectivity index is 2.04. The van der Waals surface area contributed by atoms with Crippen LogP contribution >= 0.6 is 11.3 Å². The molecule has 0 saturated carbocycles. The molecule has 0 aromatic carbocycles. The van der Waals surface area contributed by atoms with Crippen LogP contribution in [0.3, 0.4) is 0 Å². The molecule has 0 bridgehead atoms. The Morgan fingerprint density at radius 2 is 2.43 bits per heavy atom. The van der Waals surface area contributed by atoms with Gasteiger partial charge in [-0.05, 0) is 35.6 Å². The number of rotatable bonds is 1. The van der Waals surface area contributed by atoms with Gasteiger partial charge in [-0.15, -0.1) is 11.3 Å². The molecule has 0 radical (unpaired) electrons. The summed E-state index contributed by atoms with van der Waals surface area (Å²) in [6.07, 6.45) is 2.88. The molecule has 1 unspecified atom stereocenters. The van der Waals surface area contributed by atoms with Gasteiger partial charge in [0.1, 0.15) is 5.76 Å². The summed E-state index contributed by atoms with van der Waals surface area (Å²) in [6.45, 7) is 1.04. The Bertz CT molecular complexity index is 418. The molecule has 0 fully saturated rings. The van der Waals surface area contributed by atoms with E-state index in [0.717, 1.165) is 18.7 Å². The largest absolute Gasteiger partial charge is 0.467 e. The van der Waals surface area contributed by atoms with Crippen LogP contribution in [-0.4, -0.2) is 6.54 Å². The van der Waals surface area contributed by atoms with Gasteiger partial charge < -0.3 is 9.73 Å². The third kappa shape index (κ3) is 1.21. The highest BCUT2D eigenvalue weighted by atomic mass is 32.1. The van der Waals surface area contributed by atoms with Gasteiger partial charge in [-0.25, -0.2) is 0 Å². The lowest BCUT2D eigenvalue weighted by Crippen LogP contribution is -2.29. The summed E-state index contributed by atoms with van der Waals surface area (Å²) in [4.78, 5) is 1.49. The predicted octanol–water partition coefficient (Wildman–Crippen LogP) is 2.58. The summed E-state index contributed by atoms with van der Waals surface area (Å²) in [7, 11) is 0. The smallest absolute Gasteiger partial charge is 0.125 e. The van der Waals surface area contributed by atoms with E-state index in [0.29, 0.717) is 0 Å². The summed E-state index contributed by atoms with van der Waals surface area (Å²) in [5.41, 5.74) is 1.39. The summed E-state index contributed by atoms with van der Waals surface area (Å²) >= 11 is 1.84. The minimum atomic E-state index is 0.264. The van der Waals surface area contributed by atoms with Gasteiger partial charge in [-0.1, -0.05) is 0 Å². The predicted molar refractivity (Wildman–Crippen MR) is 56.6 cm³/mol. The van der Waals surface area contributed by atoms with Gasteiger partial charge in [0.15, 0.2) is 0 Å². The van der Waals surface area contributed by atoms with Gasteiger partial charge in [0.05, 0.1) is 12.3 Å². The molecule has 2 aromatic rings. The first-order valence-electron chi connectivity index (χ1n) is 4.78. The molecule has 3 rings (SSSR count). The summed E-state index contributed by atoms with van der Waals surface area (Å²) in [5, 5.41) is 5.64. The van der Waals surface area contributed by atoms with Crippen molar-refractivity contribution in [2.75, 3.05) is 6.54 Å². The number of nitrogens with one attached hydrogen (secondary N) is 1. The molecule has 0 amide bonds. The van der Waals surface area contributed by atoms with Gasteiger partial charge >= 0.3 is 0 Å². The van der Waals surface area contributed by atoms with Gasteiger partial charge in [0, 0.05) is 11.4 Å². The fourth-order valence-electron chi connectivity index (χ4n) is 1.96.